The van der Waals surface area contributed by atoms with Crippen molar-refractivity contribution in [3.8, 4) is 5.75 Å². The molecule has 0 saturated carbocycles. The van der Waals surface area contributed by atoms with Gasteiger partial charge in [0.15, 0.2) is 5.78 Å². The minimum absolute atomic E-state index is 0.0390. The number of hydrogen-bond donors (Lipinski definition) is 1. The number of fused-ring (bicyclic) bond motifs is 4. The summed E-state index contributed by atoms with van der Waals surface area (Å²) in [6.45, 7) is 5.33. The van der Waals surface area contributed by atoms with Crippen molar-refractivity contribution in [1.29, 1.82) is 0 Å². The Morgan fingerprint density at radius 1 is 1.24 bits per heavy atom. The molecule has 0 radical (unpaired) electrons. The number of phenols is 1. The SMILES string of the molecule is COC(=O)C1=C(C(=O)OC)N2C(C)=C(C)SC2C2(C=O)C(=O)c3c(O)cc(C)c(Br)c3C[C@H]12. The molecule has 10 heteroatoms. The van der Waals surface area contributed by atoms with Crippen LogP contribution in [0.25, 0.3) is 0 Å². The van der Waals surface area contributed by atoms with Crippen LogP contribution in [0.2, 0.25) is 0 Å². The van der Waals surface area contributed by atoms with Gasteiger partial charge in [0.25, 0.3) is 0 Å². The summed E-state index contributed by atoms with van der Waals surface area (Å²) < 4.78 is 10.6. The molecular weight excluding hydrogens is 514 g/mol. The molecule has 174 valence electrons. The minimum Gasteiger partial charge on any atom is -0.507 e. The molecule has 2 aliphatic heterocycles. The number of esters is 2. The van der Waals surface area contributed by atoms with Gasteiger partial charge in [-0.1, -0.05) is 15.9 Å². The second-order valence-electron chi connectivity index (χ2n) is 8.24. The zero-order valence-corrected chi connectivity index (χ0v) is 21.0. The van der Waals surface area contributed by atoms with E-state index in [2.05, 4.69) is 15.9 Å². The average Bonchev–Trinajstić information content (AvgIpc) is 3.09. The third-order valence-corrected chi connectivity index (χ3v) is 9.33. The van der Waals surface area contributed by atoms with Crippen LogP contribution < -0.4 is 0 Å². The van der Waals surface area contributed by atoms with Crippen molar-refractivity contribution in [3.05, 3.63) is 49.1 Å². The fourth-order valence-electron chi connectivity index (χ4n) is 5.05. The lowest BCUT2D eigenvalue weighted by atomic mass is 9.59. The van der Waals surface area contributed by atoms with E-state index in [0.29, 0.717) is 27.6 Å². The van der Waals surface area contributed by atoms with Gasteiger partial charge in [-0.25, -0.2) is 9.59 Å². The number of phenolic OH excluding ortho intramolecular Hbond substituents is 1. The van der Waals surface area contributed by atoms with Gasteiger partial charge in [-0.05, 0) is 44.4 Å². The van der Waals surface area contributed by atoms with E-state index in [1.165, 1.54) is 36.9 Å². The molecule has 1 N–H and O–H groups in total. The number of ketones is 1. The van der Waals surface area contributed by atoms with Crippen molar-refractivity contribution in [3.63, 3.8) is 0 Å². The van der Waals surface area contributed by atoms with Gasteiger partial charge in [-0.3, -0.25) is 4.79 Å². The lowest BCUT2D eigenvalue weighted by Gasteiger charge is -2.51. The Bertz CT molecular complexity index is 1200. The van der Waals surface area contributed by atoms with E-state index in [-0.39, 0.29) is 29.0 Å². The van der Waals surface area contributed by atoms with E-state index in [9.17, 15) is 24.3 Å². The number of carbonyl (C=O) groups excluding carboxylic acids is 4. The number of methoxy groups -OCH3 is 2. The summed E-state index contributed by atoms with van der Waals surface area (Å²) in [6.07, 6.45) is 0.618. The molecule has 0 saturated heterocycles. The first kappa shape index (κ1) is 23.6. The number of ether oxygens (including phenoxy) is 2. The summed E-state index contributed by atoms with van der Waals surface area (Å²) in [7, 11) is 2.38. The zero-order valence-electron chi connectivity index (χ0n) is 18.6. The maximum Gasteiger partial charge on any atom is 0.355 e. The lowest BCUT2D eigenvalue weighted by molar-refractivity contribution is -0.143. The molecule has 0 fully saturated rings. The summed E-state index contributed by atoms with van der Waals surface area (Å²) in [6, 6.07) is 1.47. The van der Waals surface area contributed by atoms with Gasteiger partial charge < -0.3 is 24.3 Å². The van der Waals surface area contributed by atoms with E-state index < -0.39 is 34.4 Å². The van der Waals surface area contributed by atoms with Gasteiger partial charge >= 0.3 is 11.9 Å². The van der Waals surface area contributed by atoms with Crippen LogP contribution in [-0.4, -0.2) is 53.6 Å². The zero-order chi connectivity index (χ0) is 24.4. The first-order valence-electron chi connectivity index (χ1n) is 10.1. The summed E-state index contributed by atoms with van der Waals surface area (Å²) in [5, 5.41) is 9.88. The summed E-state index contributed by atoms with van der Waals surface area (Å²) >= 11 is 4.77. The van der Waals surface area contributed by atoms with Crippen LogP contribution in [0.15, 0.2) is 32.4 Å². The van der Waals surface area contributed by atoms with Crippen LogP contribution in [0.5, 0.6) is 5.75 Å². The standard InChI is InChI=1S/C23H22BrNO7S/c1-9-6-14(27)15-12(17(9)24)7-13-16(20(29)31-4)18(21(30)32-5)25-10(2)11(3)33-22(25)23(13,8-26)19(15)28/h6,8,13,22,27H,7H2,1-5H3/t13-,22?,23?/m1/s1. The third kappa shape index (κ3) is 2.96. The number of thioether (sulfide) groups is 1. The van der Waals surface area contributed by atoms with Crippen molar-refractivity contribution in [2.75, 3.05) is 14.2 Å². The van der Waals surface area contributed by atoms with Crippen LogP contribution in [0, 0.1) is 18.3 Å². The number of hydrogen-bond acceptors (Lipinski definition) is 9. The summed E-state index contributed by atoms with van der Waals surface area (Å²) in [5.41, 5.74) is -0.0380. The number of aromatic hydroxyl groups is 1. The lowest BCUT2D eigenvalue weighted by Crippen LogP contribution is -2.61. The van der Waals surface area contributed by atoms with Gasteiger partial charge in [0, 0.05) is 21.0 Å². The maximum absolute atomic E-state index is 14.1. The summed E-state index contributed by atoms with van der Waals surface area (Å²) in [4.78, 5) is 55.4. The number of Topliss-reactive ketones (excluding diaryl/α,β-unsaturated/α-hetero) is 1. The number of nitrogens with zero attached hydrogens (tertiary/aromatic N) is 1. The highest BCUT2D eigenvalue weighted by molar-refractivity contribution is 9.10. The van der Waals surface area contributed by atoms with Gasteiger partial charge in [0.05, 0.1) is 25.4 Å². The normalized spacial score (nSPS) is 26.0. The molecule has 2 heterocycles. The van der Waals surface area contributed by atoms with Crippen molar-refractivity contribution in [1.82, 2.24) is 4.90 Å². The number of halogens is 1. The molecule has 2 unspecified atom stereocenters. The molecule has 1 aromatic rings. The van der Waals surface area contributed by atoms with Gasteiger partial charge in [-0.2, -0.15) is 0 Å². The molecule has 33 heavy (non-hydrogen) atoms. The van der Waals surface area contributed by atoms with E-state index in [4.69, 9.17) is 9.47 Å². The predicted octanol–water partition coefficient (Wildman–Crippen LogP) is 3.24. The highest BCUT2D eigenvalue weighted by atomic mass is 79.9. The van der Waals surface area contributed by atoms with E-state index >= 15 is 0 Å². The van der Waals surface area contributed by atoms with E-state index in [1.54, 1.807) is 13.8 Å². The number of aldehydes is 1. The topological polar surface area (TPSA) is 110 Å². The van der Waals surface area contributed by atoms with Crippen LogP contribution in [0.4, 0.5) is 0 Å². The van der Waals surface area contributed by atoms with Crippen molar-refractivity contribution in [2.45, 2.75) is 32.6 Å². The molecule has 4 rings (SSSR count). The van der Waals surface area contributed by atoms with Crippen LogP contribution >= 0.6 is 27.7 Å². The van der Waals surface area contributed by atoms with Crippen LogP contribution in [0.3, 0.4) is 0 Å². The first-order valence-corrected chi connectivity index (χ1v) is 11.8. The molecule has 3 atom stereocenters. The molecule has 1 aromatic carbocycles. The molecule has 0 spiro atoms. The number of aryl methyl sites for hydroxylation is 1. The fraction of sp³-hybridized carbons (Fsp3) is 0.391. The third-order valence-electron chi connectivity index (χ3n) is 6.75. The minimum atomic E-state index is -1.75. The molecule has 8 nitrogen and oxygen atoms in total. The Labute approximate surface area is 203 Å². The molecule has 1 aliphatic carbocycles. The second kappa shape index (κ2) is 8.02. The fourth-order valence-corrected chi connectivity index (χ4v) is 7.02. The highest BCUT2D eigenvalue weighted by Crippen LogP contribution is 2.60. The molecule has 0 bridgehead atoms. The second-order valence-corrected chi connectivity index (χ2v) is 10.3. The number of carbonyl (C=O) groups is 4. The first-order chi connectivity index (χ1) is 15.6. The average molecular weight is 536 g/mol. The van der Waals surface area contributed by atoms with Crippen molar-refractivity contribution < 1.29 is 33.8 Å². The Morgan fingerprint density at radius 2 is 1.88 bits per heavy atom. The van der Waals surface area contributed by atoms with Crippen LogP contribution in [0.1, 0.15) is 35.3 Å². The van der Waals surface area contributed by atoms with Gasteiger partial charge in [-0.15, -0.1) is 11.8 Å². The molecule has 0 aromatic heterocycles. The van der Waals surface area contributed by atoms with Gasteiger partial charge in [0.2, 0.25) is 0 Å². The van der Waals surface area contributed by atoms with Crippen molar-refractivity contribution >= 4 is 51.7 Å². The maximum atomic E-state index is 14.1. The Kier molecular flexibility index (Phi) is 5.73. The molecule has 3 aliphatic rings. The van der Waals surface area contributed by atoms with E-state index in [0.717, 1.165) is 4.91 Å². The van der Waals surface area contributed by atoms with E-state index in [1.807, 2.05) is 6.92 Å². The van der Waals surface area contributed by atoms with Crippen LogP contribution in [-0.2, 0) is 30.3 Å². The predicted molar refractivity (Wildman–Crippen MR) is 123 cm³/mol. The number of benzene rings is 1. The molecular formula is C23H22BrNO7S. The Hall–Kier alpha value is -2.59. The number of allylic oxidation sites excluding steroid dienone is 2. The quantitative estimate of drug-likeness (QED) is 0.354. The largest absolute Gasteiger partial charge is 0.507 e. The number of rotatable bonds is 3. The van der Waals surface area contributed by atoms with Gasteiger partial charge in [0.1, 0.15) is 28.5 Å². The smallest absolute Gasteiger partial charge is 0.355 e. The monoisotopic (exact) mass is 535 g/mol. The Balaban J connectivity index is 2.14. The summed E-state index contributed by atoms with van der Waals surface area (Å²) in [5.74, 6) is -3.41. The Morgan fingerprint density at radius 3 is 2.45 bits per heavy atom. The molecule has 0 amide bonds. The van der Waals surface area contributed by atoms with Crippen molar-refractivity contribution in [2.24, 2.45) is 11.3 Å². The highest BCUT2D eigenvalue weighted by Gasteiger charge is 2.65.